The van der Waals surface area contributed by atoms with Crippen LogP contribution in [-0.4, -0.2) is 31.3 Å². The van der Waals surface area contributed by atoms with E-state index in [1.165, 1.54) is 16.0 Å². The fraction of sp³-hybridized carbons (Fsp3) is 0.533. The highest BCUT2D eigenvalue weighted by Crippen LogP contribution is 2.21. The summed E-state index contributed by atoms with van der Waals surface area (Å²) in [5, 5.41) is 6.20. The molecule has 0 aliphatic carbocycles. The summed E-state index contributed by atoms with van der Waals surface area (Å²) >= 11 is 1.75. The van der Waals surface area contributed by atoms with Crippen LogP contribution in [0, 0.1) is 19.8 Å². The van der Waals surface area contributed by atoms with Crippen LogP contribution in [0.5, 0.6) is 0 Å². The van der Waals surface area contributed by atoms with Gasteiger partial charge in [-0.2, -0.15) is 0 Å². The molecule has 0 radical (unpaired) electrons. The Balaban J connectivity index is 0.00000200. The van der Waals surface area contributed by atoms with Gasteiger partial charge in [-0.1, -0.05) is 6.07 Å². The van der Waals surface area contributed by atoms with Crippen molar-refractivity contribution in [2.24, 2.45) is 5.92 Å². The number of aryl methyl sites for hydroxylation is 2. The highest BCUT2D eigenvalue weighted by atomic mass is 35.5. The number of hydrogen-bond acceptors (Lipinski definition) is 3. The molecule has 112 valence electrons. The Kier molecular flexibility index (Phi) is 7.41. The van der Waals surface area contributed by atoms with Gasteiger partial charge in [0.15, 0.2) is 0 Å². The van der Waals surface area contributed by atoms with Crippen LogP contribution >= 0.6 is 24.2 Å². The number of nitrogens with one attached hydrogen (secondary N) is 2. The molecule has 0 atom stereocenters. The van der Waals surface area contributed by atoms with E-state index in [2.05, 4.69) is 42.7 Å². The Morgan fingerprint density at radius 3 is 2.70 bits per heavy atom. The van der Waals surface area contributed by atoms with Gasteiger partial charge in [0.1, 0.15) is 0 Å². The Labute approximate surface area is 131 Å². The molecule has 2 rings (SSSR count). The molecule has 1 amide bonds. The molecule has 1 aromatic rings. The number of amides is 1. The highest BCUT2D eigenvalue weighted by Gasteiger charge is 2.16. The van der Waals surface area contributed by atoms with Gasteiger partial charge in [0.05, 0.1) is 0 Å². The Morgan fingerprint density at radius 2 is 2.10 bits per heavy atom. The fourth-order valence-corrected chi connectivity index (χ4v) is 2.85. The zero-order chi connectivity index (χ0) is 13.7. The van der Waals surface area contributed by atoms with Crippen molar-refractivity contribution < 1.29 is 4.79 Å². The van der Waals surface area contributed by atoms with Gasteiger partial charge < -0.3 is 10.6 Å². The molecule has 1 fully saturated rings. The maximum absolute atomic E-state index is 11.7. The summed E-state index contributed by atoms with van der Waals surface area (Å²) in [6.07, 6.45) is 0.595. The topological polar surface area (TPSA) is 41.1 Å². The predicted octanol–water partition coefficient (Wildman–Crippen LogP) is 2.54. The average Bonchev–Trinajstić information content (AvgIpc) is 2.32. The summed E-state index contributed by atoms with van der Waals surface area (Å²) in [4.78, 5) is 12.9. The lowest BCUT2D eigenvalue weighted by Gasteiger charge is -2.27. The van der Waals surface area contributed by atoms with E-state index in [9.17, 15) is 4.79 Å². The first-order chi connectivity index (χ1) is 9.15. The molecule has 1 aromatic carbocycles. The standard InChI is InChI=1S/C15H22N2OS.ClH/c1-11-3-4-14(7-12(11)2)19-6-5-15(18)17-10-13-8-16-9-13;/h3-4,7,13,16H,5-6,8-10H2,1-2H3,(H,17,18);1H. The van der Waals surface area contributed by atoms with Crippen molar-refractivity contribution in [1.82, 2.24) is 10.6 Å². The molecule has 0 spiro atoms. The number of halogens is 1. The summed E-state index contributed by atoms with van der Waals surface area (Å²) in [6, 6.07) is 6.46. The summed E-state index contributed by atoms with van der Waals surface area (Å²) in [5.74, 6) is 1.65. The average molecular weight is 315 g/mol. The van der Waals surface area contributed by atoms with Crippen LogP contribution in [0.25, 0.3) is 0 Å². The van der Waals surface area contributed by atoms with Gasteiger partial charge >= 0.3 is 0 Å². The molecule has 1 aliphatic heterocycles. The molecule has 0 saturated carbocycles. The minimum Gasteiger partial charge on any atom is -0.356 e. The van der Waals surface area contributed by atoms with Crippen LogP contribution in [0.15, 0.2) is 23.1 Å². The molecule has 5 heteroatoms. The second kappa shape index (κ2) is 8.55. The maximum Gasteiger partial charge on any atom is 0.220 e. The van der Waals surface area contributed by atoms with Crippen molar-refractivity contribution in [1.29, 1.82) is 0 Å². The van der Waals surface area contributed by atoms with Crippen molar-refractivity contribution in [2.45, 2.75) is 25.2 Å². The monoisotopic (exact) mass is 314 g/mol. The van der Waals surface area contributed by atoms with Crippen LogP contribution in [0.3, 0.4) is 0 Å². The minimum atomic E-state index is 0. The third-order valence-corrected chi connectivity index (χ3v) is 4.53. The fourth-order valence-electron chi connectivity index (χ4n) is 1.90. The number of rotatable bonds is 6. The van der Waals surface area contributed by atoms with E-state index in [-0.39, 0.29) is 18.3 Å². The summed E-state index contributed by atoms with van der Waals surface area (Å²) < 4.78 is 0. The lowest BCUT2D eigenvalue weighted by atomic mass is 10.0. The summed E-state index contributed by atoms with van der Waals surface area (Å²) in [6.45, 7) is 7.14. The van der Waals surface area contributed by atoms with E-state index in [1.54, 1.807) is 11.8 Å². The van der Waals surface area contributed by atoms with Crippen molar-refractivity contribution >= 4 is 30.1 Å². The van der Waals surface area contributed by atoms with Crippen LogP contribution in [0.4, 0.5) is 0 Å². The van der Waals surface area contributed by atoms with E-state index in [0.717, 1.165) is 25.4 Å². The molecule has 0 aromatic heterocycles. The second-order valence-corrected chi connectivity index (χ2v) is 6.34. The van der Waals surface area contributed by atoms with E-state index < -0.39 is 0 Å². The first kappa shape index (κ1) is 17.3. The van der Waals surface area contributed by atoms with Gasteiger partial charge in [-0.05, 0) is 37.1 Å². The lowest BCUT2D eigenvalue weighted by molar-refractivity contribution is -0.120. The quantitative estimate of drug-likeness (QED) is 0.793. The Bertz CT molecular complexity index is 449. The zero-order valence-corrected chi connectivity index (χ0v) is 13.7. The molecular formula is C15H23ClN2OS. The first-order valence-electron chi connectivity index (χ1n) is 6.82. The van der Waals surface area contributed by atoms with Gasteiger partial charge in [0.25, 0.3) is 0 Å². The third-order valence-electron chi connectivity index (χ3n) is 3.53. The normalized spacial score (nSPS) is 14.3. The van der Waals surface area contributed by atoms with Crippen LogP contribution < -0.4 is 10.6 Å². The molecule has 2 N–H and O–H groups in total. The maximum atomic E-state index is 11.7. The molecule has 1 aliphatic rings. The first-order valence-corrected chi connectivity index (χ1v) is 7.81. The summed E-state index contributed by atoms with van der Waals surface area (Å²) in [5.41, 5.74) is 2.63. The van der Waals surface area contributed by atoms with Crippen LogP contribution in [0.1, 0.15) is 17.5 Å². The second-order valence-electron chi connectivity index (χ2n) is 5.17. The Hall–Kier alpha value is -0.710. The van der Waals surface area contributed by atoms with Gasteiger partial charge in [0, 0.05) is 42.6 Å². The number of carbonyl (C=O) groups is 1. The number of hydrogen-bond donors (Lipinski definition) is 2. The van der Waals surface area contributed by atoms with Gasteiger partial charge in [-0.3, -0.25) is 4.79 Å². The van der Waals surface area contributed by atoms with Crippen LogP contribution in [0.2, 0.25) is 0 Å². The molecule has 0 bridgehead atoms. The lowest BCUT2D eigenvalue weighted by Crippen LogP contribution is -2.48. The van der Waals surface area contributed by atoms with E-state index in [0.29, 0.717) is 12.3 Å². The van der Waals surface area contributed by atoms with Crippen LogP contribution in [-0.2, 0) is 4.79 Å². The number of carbonyl (C=O) groups excluding carboxylic acids is 1. The molecule has 20 heavy (non-hydrogen) atoms. The third kappa shape index (κ3) is 5.35. The van der Waals surface area contributed by atoms with E-state index in [1.807, 2.05) is 0 Å². The molecule has 3 nitrogen and oxygen atoms in total. The van der Waals surface area contributed by atoms with Crippen molar-refractivity contribution in [3.63, 3.8) is 0 Å². The number of benzene rings is 1. The van der Waals surface area contributed by atoms with Gasteiger partial charge in [0.2, 0.25) is 5.91 Å². The van der Waals surface area contributed by atoms with Gasteiger partial charge in [-0.25, -0.2) is 0 Å². The highest BCUT2D eigenvalue weighted by molar-refractivity contribution is 7.99. The van der Waals surface area contributed by atoms with Gasteiger partial charge in [-0.15, -0.1) is 24.2 Å². The van der Waals surface area contributed by atoms with Crippen molar-refractivity contribution in [2.75, 3.05) is 25.4 Å². The predicted molar refractivity (Wildman–Crippen MR) is 87.9 cm³/mol. The number of thioether (sulfide) groups is 1. The molecule has 1 saturated heterocycles. The molecule has 1 heterocycles. The largest absolute Gasteiger partial charge is 0.356 e. The van der Waals surface area contributed by atoms with E-state index >= 15 is 0 Å². The zero-order valence-electron chi connectivity index (χ0n) is 12.1. The Morgan fingerprint density at radius 1 is 1.35 bits per heavy atom. The molecule has 0 unspecified atom stereocenters. The molecular weight excluding hydrogens is 292 g/mol. The minimum absolute atomic E-state index is 0. The van der Waals surface area contributed by atoms with E-state index in [4.69, 9.17) is 0 Å². The smallest absolute Gasteiger partial charge is 0.220 e. The van der Waals surface area contributed by atoms with Crippen molar-refractivity contribution in [3.05, 3.63) is 29.3 Å². The SMILES string of the molecule is Cc1ccc(SCCC(=O)NCC2CNC2)cc1C.Cl. The summed E-state index contributed by atoms with van der Waals surface area (Å²) in [7, 11) is 0. The van der Waals surface area contributed by atoms with Crippen molar-refractivity contribution in [3.8, 4) is 0 Å².